The zero-order valence-corrected chi connectivity index (χ0v) is 20.6. The number of hydrogen-bond acceptors (Lipinski definition) is 7. The van der Waals surface area contributed by atoms with Crippen molar-refractivity contribution in [2.75, 3.05) is 24.4 Å². The Kier molecular flexibility index (Phi) is 7.97. The third-order valence-electron chi connectivity index (χ3n) is 5.32. The molecule has 0 saturated heterocycles. The van der Waals surface area contributed by atoms with Crippen LogP contribution in [-0.4, -0.2) is 35.5 Å². The van der Waals surface area contributed by atoms with Crippen molar-refractivity contribution in [3.8, 4) is 0 Å². The van der Waals surface area contributed by atoms with E-state index in [1.807, 2.05) is 0 Å². The number of fused-ring (bicyclic) bond motifs is 1. The molecule has 7 nitrogen and oxygen atoms in total. The summed E-state index contributed by atoms with van der Waals surface area (Å²) in [6.45, 7) is 0.374. The smallest absolute Gasteiger partial charge is 0.385 e. The maximum Gasteiger partial charge on any atom is 0.416 e. The highest BCUT2D eigenvalue weighted by Gasteiger charge is 2.32. The molecule has 2 heterocycles. The van der Waals surface area contributed by atoms with Gasteiger partial charge in [0.1, 0.15) is 5.69 Å². The molecule has 0 aliphatic heterocycles. The van der Waals surface area contributed by atoms with Crippen LogP contribution in [0.15, 0.2) is 53.4 Å². The molecule has 188 valence electrons. The Hall–Kier alpha value is -3.35. The predicted octanol–water partition coefficient (Wildman–Crippen LogP) is 6.17. The van der Waals surface area contributed by atoms with Crippen LogP contribution < -0.4 is 10.6 Å². The molecule has 0 radical (unpaired) electrons. The number of aromatic nitrogens is 2. The SMILES string of the molecule is COCCCC(C(=O)Nc1nc2ccc(NC(=O)c3cscn3)cc2s1)c1cccc(C(F)(F)F)c1. The Balaban J connectivity index is 1.53. The fourth-order valence-electron chi connectivity index (χ4n) is 3.58. The lowest BCUT2D eigenvalue weighted by atomic mass is 9.92. The molecule has 0 aliphatic rings. The monoisotopic (exact) mass is 534 g/mol. The molecule has 2 aromatic carbocycles. The van der Waals surface area contributed by atoms with Crippen molar-refractivity contribution < 1.29 is 27.5 Å². The van der Waals surface area contributed by atoms with E-state index in [9.17, 15) is 22.8 Å². The number of carbonyl (C=O) groups is 2. The van der Waals surface area contributed by atoms with Gasteiger partial charge < -0.3 is 15.4 Å². The lowest BCUT2D eigenvalue weighted by Crippen LogP contribution is -2.22. The molecule has 2 aromatic heterocycles. The summed E-state index contributed by atoms with van der Waals surface area (Å²) in [4.78, 5) is 33.8. The van der Waals surface area contributed by atoms with Crippen molar-refractivity contribution in [2.24, 2.45) is 0 Å². The molecule has 0 saturated carbocycles. The van der Waals surface area contributed by atoms with Gasteiger partial charge in [-0.2, -0.15) is 13.2 Å². The standard InChI is InChI=1S/C24H21F3N4O3S2/c1-34-9-3-6-17(14-4-2-5-15(10-14)24(25,26)27)21(32)31-23-30-18-8-7-16(11-20(18)36-23)29-22(33)19-12-35-13-28-19/h2,4-5,7-8,10-13,17H,3,6,9H2,1H3,(H,29,33)(H,30,31,32). The molecule has 2 amide bonds. The summed E-state index contributed by atoms with van der Waals surface area (Å²) in [6.07, 6.45) is -3.71. The highest BCUT2D eigenvalue weighted by molar-refractivity contribution is 7.22. The van der Waals surface area contributed by atoms with Gasteiger partial charge in [-0.1, -0.05) is 29.5 Å². The van der Waals surface area contributed by atoms with Crippen LogP contribution in [0.3, 0.4) is 0 Å². The number of thiazole rings is 2. The summed E-state index contributed by atoms with van der Waals surface area (Å²) in [5, 5.41) is 7.46. The number of carbonyl (C=O) groups excluding carboxylic acids is 2. The Labute approximate surface area is 212 Å². The van der Waals surface area contributed by atoms with E-state index in [-0.39, 0.29) is 11.5 Å². The molecular weight excluding hydrogens is 513 g/mol. The number of alkyl halides is 3. The van der Waals surface area contributed by atoms with Crippen LogP contribution in [0, 0.1) is 0 Å². The number of rotatable bonds is 9. The molecular formula is C24H21F3N4O3S2. The van der Waals surface area contributed by atoms with Crippen LogP contribution in [0.4, 0.5) is 24.0 Å². The lowest BCUT2D eigenvalue weighted by Gasteiger charge is -2.18. The maximum atomic E-state index is 13.2. The van der Waals surface area contributed by atoms with Gasteiger partial charge in [0.05, 0.1) is 27.2 Å². The largest absolute Gasteiger partial charge is 0.416 e. The first-order valence-corrected chi connectivity index (χ1v) is 12.6. The molecule has 0 spiro atoms. The molecule has 2 N–H and O–H groups in total. The summed E-state index contributed by atoms with van der Waals surface area (Å²) in [6, 6.07) is 9.93. The lowest BCUT2D eigenvalue weighted by molar-refractivity contribution is -0.137. The zero-order valence-electron chi connectivity index (χ0n) is 19.0. The Morgan fingerprint density at radius 3 is 2.69 bits per heavy atom. The zero-order chi connectivity index (χ0) is 25.7. The van der Waals surface area contributed by atoms with Crippen molar-refractivity contribution in [3.05, 3.63) is 70.2 Å². The van der Waals surface area contributed by atoms with E-state index in [0.29, 0.717) is 41.5 Å². The summed E-state index contributed by atoms with van der Waals surface area (Å²) in [5.74, 6) is -1.61. The minimum absolute atomic E-state index is 0.270. The third-order valence-corrected chi connectivity index (χ3v) is 6.84. The Morgan fingerprint density at radius 2 is 1.97 bits per heavy atom. The van der Waals surface area contributed by atoms with E-state index in [1.165, 1.54) is 41.9 Å². The van der Waals surface area contributed by atoms with Gasteiger partial charge in [0.2, 0.25) is 5.91 Å². The molecule has 12 heteroatoms. The number of ether oxygens (including phenoxy) is 1. The van der Waals surface area contributed by atoms with Crippen LogP contribution in [0.25, 0.3) is 10.2 Å². The second-order valence-corrected chi connectivity index (χ2v) is 9.58. The molecule has 4 rings (SSSR count). The number of methoxy groups -OCH3 is 1. The van der Waals surface area contributed by atoms with Crippen molar-refractivity contribution >= 4 is 55.5 Å². The summed E-state index contributed by atoms with van der Waals surface area (Å²) >= 11 is 2.52. The van der Waals surface area contributed by atoms with Crippen molar-refractivity contribution in [1.29, 1.82) is 0 Å². The van der Waals surface area contributed by atoms with E-state index in [0.717, 1.165) is 16.8 Å². The van der Waals surface area contributed by atoms with Crippen LogP contribution in [0.1, 0.15) is 40.4 Å². The average molecular weight is 535 g/mol. The van der Waals surface area contributed by atoms with Gasteiger partial charge in [0.25, 0.3) is 5.91 Å². The topological polar surface area (TPSA) is 93.2 Å². The minimum Gasteiger partial charge on any atom is -0.385 e. The van der Waals surface area contributed by atoms with E-state index in [4.69, 9.17) is 4.74 Å². The predicted molar refractivity (Wildman–Crippen MR) is 134 cm³/mol. The number of amides is 2. The molecule has 0 aliphatic carbocycles. The third kappa shape index (κ3) is 6.25. The van der Waals surface area contributed by atoms with Crippen molar-refractivity contribution in [2.45, 2.75) is 24.9 Å². The Bertz CT molecular complexity index is 1360. The molecule has 1 atom stereocenters. The average Bonchev–Trinajstić information content (AvgIpc) is 3.51. The first kappa shape index (κ1) is 25.7. The quantitative estimate of drug-likeness (QED) is 0.251. The van der Waals surface area contributed by atoms with Crippen molar-refractivity contribution in [3.63, 3.8) is 0 Å². The van der Waals surface area contributed by atoms with Gasteiger partial charge in [-0.15, -0.1) is 11.3 Å². The second kappa shape index (κ2) is 11.1. The molecule has 1 unspecified atom stereocenters. The van der Waals surface area contributed by atoms with Crippen molar-refractivity contribution in [1.82, 2.24) is 9.97 Å². The molecule has 0 bridgehead atoms. The van der Waals surface area contributed by atoms with E-state index in [1.54, 1.807) is 29.1 Å². The van der Waals surface area contributed by atoms with Crippen LogP contribution >= 0.6 is 22.7 Å². The van der Waals surface area contributed by atoms with E-state index >= 15 is 0 Å². The van der Waals surface area contributed by atoms with Gasteiger partial charge in [0, 0.05) is 24.8 Å². The number of benzene rings is 2. The van der Waals surface area contributed by atoms with Crippen LogP contribution in [0.5, 0.6) is 0 Å². The number of halogens is 3. The first-order chi connectivity index (χ1) is 17.2. The fraction of sp³-hybridized carbons (Fsp3) is 0.250. The molecule has 4 aromatic rings. The summed E-state index contributed by atoms with van der Waals surface area (Å²) < 4.78 is 45.5. The number of nitrogens with zero attached hydrogens (tertiary/aromatic N) is 2. The van der Waals surface area contributed by atoms with Gasteiger partial charge >= 0.3 is 6.18 Å². The number of nitrogens with one attached hydrogen (secondary N) is 2. The normalized spacial score (nSPS) is 12.4. The molecule has 36 heavy (non-hydrogen) atoms. The van der Waals surface area contributed by atoms with Crippen LogP contribution in [-0.2, 0) is 15.7 Å². The van der Waals surface area contributed by atoms with Gasteiger partial charge in [0.15, 0.2) is 5.13 Å². The highest BCUT2D eigenvalue weighted by Crippen LogP contribution is 2.34. The first-order valence-electron chi connectivity index (χ1n) is 10.8. The van der Waals surface area contributed by atoms with E-state index in [2.05, 4.69) is 20.6 Å². The second-order valence-electron chi connectivity index (χ2n) is 7.83. The van der Waals surface area contributed by atoms with Gasteiger partial charge in [-0.25, -0.2) is 9.97 Å². The summed E-state index contributed by atoms with van der Waals surface area (Å²) in [5.41, 5.74) is 2.49. The molecule has 0 fully saturated rings. The summed E-state index contributed by atoms with van der Waals surface area (Å²) in [7, 11) is 1.52. The minimum atomic E-state index is -4.51. The van der Waals surface area contributed by atoms with E-state index < -0.39 is 23.6 Å². The van der Waals surface area contributed by atoms with Crippen LogP contribution in [0.2, 0.25) is 0 Å². The number of anilines is 2. The van der Waals surface area contributed by atoms with Gasteiger partial charge in [-0.05, 0) is 42.7 Å². The van der Waals surface area contributed by atoms with Gasteiger partial charge in [-0.3, -0.25) is 9.59 Å². The number of hydrogen-bond donors (Lipinski definition) is 2. The maximum absolute atomic E-state index is 13.2. The Morgan fingerprint density at radius 1 is 1.14 bits per heavy atom. The highest BCUT2D eigenvalue weighted by atomic mass is 32.1. The fourth-order valence-corrected chi connectivity index (χ4v) is 5.02.